The molecule has 8 heteroatoms. The third-order valence-electron chi connectivity index (χ3n) is 8.39. The van der Waals surface area contributed by atoms with Gasteiger partial charge in [-0.25, -0.2) is 4.98 Å². The lowest BCUT2D eigenvalue weighted by atomic mass is 9.93. The first-order valence-electron chi connectivity index (χ1n) is 14.2. The number of ether oxygens (including phenoxy) is 2. The van der Waals surface area contributed by atoms with Gasteiger partial charge in [0.15, 0.2) is 5.76 Å². The van der Waals surface area contributed by atoms with Crippen molar-refractivity contribution in [3.63, 3.8) is 0 Å². The number of unbranched alkanes of at least 4 members (excludes halogenated alkanes) is 2. The molecule has 2 fully saturated rings. The summed E-state index contributed by atoms with van der Waals surface area (Å²) in [5.41, 5.74) is 2.68. The van der Waals surface area contributed by atoms with Gasteiger partial charge in [-0.15, -0.1) is 0 Å². The van der Waals surface area contributed by atoms with Gasteiger partial charge < -0.3 is 19.2 Å². The number of fused-ring (bicyclic) bond motifs is 1. The molecule has 1 aromatic carbocycles. The fraction of sp³-hybridized carbons (Fsp3) is 0.548. The molecule has 3 aromatic rings. The highest BCUT2D eigenvalue weighted by Crippen LogP contribution is 2.59. The molecule has 3 heterocycles. The number of ketones is 1. The summed E-state index contributed by atoms with van der Waals surface area (Å²) in [5, 5.41) is 4.25. The van der Waals surface area contributed by atoms with E-state index in [1.54, 1.807) is 13.3 Å². The number of hydrogen-bond donors (Lipinski definition) is 1. The maximum atomic E-state index is 13.3. The molecule has 1 amide bonds. The Bertz CT molecular complexity index is 1330. The molecule has 2 aromatic heterocycles. The lowest BCUT2D eigenvalue weighted by Gasteiger charge is -2.23. The van der Waals surface area contributed by atoms with Crippen LogP contribution in [0, 0.1) is 18.3 Å². The summed E-state index contributed by atoms with van der Waals surface area (Å²) in [6.45, 7) is 5.33. The van der Waals surface area contributed by atoms with E-state index in [2.05, 4.69) is 15.3 Å². The highest BCUT2D eigenvalue weighted by Gasteiger charge is 2.58. The Balaban J connectivity index is 1.34. The van der Waals surface area contributed by atoms with Crippen molar-refractivity contribution in [3.8, 4) is 17.1 Å². The van der Waals surface area contributed by atoms with E-state index in [9.17, 15) is 9.59 Å². The van der Waals surface area contributed by atoms with Crippen molar-refractivity contribution >= 4 is 22.6 Å². The minimum atomic E-state index is -0.332. The van der Waals surface area contributed by atoms with Gasteiger partial charge in [0.25, 0.3) is 0 Å². The first-order valence-corrected chi connectivity index (χ1v) is 14.2. The van der Waals surface area contributed by atoms with E-state index in [-0.39, 0.29) is 23.3 Å². The second kappa shape index (κ2) is 11.9. The number of pyridine rings is 1. The minimum absolute atomic E-state index is 0.0250. The highest BCUT2D eigenvalue weighted by atomic mass is 16.5. The quantitative estimate of drug-likeness (QED) is 0.280. The molecule has 1 spiro atoms. The zero-order valence-corrected chi connectivity index (χ0v) is 23.3. The van der Waals surface area contributed by atoms with Crippen molar-refractivity contribution in [2.24, 2.45) is 11.3 Å². The van der Waals surface area contributed by atoms with E-state index in [1.165, 1.54) is 0 Å². The molecule has 8 nitrogen and oxygen atoms in total. The molecule has 1 aliphatic heterocycles. The average Bonchev–Trinajstić information content (AvgIpc) is 3.40. The SMILES string of the molecule is CCC(=O)CCCCCC(NC(=O)C1CC12CCOCC2)c1ncc(-c2cc3ccc(C)nc3cc2OC)o1. The zero-order valence-electron chi connectivity index (χ0n) is 23.3. The van der Waals surface area contributed by atoms with Crippen molar-refractivity contribution in [1.29, 1.82) is 0 Å². The van der Waals surface area contributed by atoms with Gasteiger partial charge in [0.05, 0.1) is 24.4 Å². The Labute approximate surface area is 229 Å². The molecule has 208 valence electrons. The molecule has 1 aliphatic carbocycles. The van der Waals surface area contributed by atoms with Gasteiger partial charge in [-0.2, -0.15) is 0 Å². The smallest absolute Gasteiger partial charge is 0.224 e. The van der Waals surface area contributed by atoms with E-state index >= 15 is 0 Å². The van der Waals surface area contributed by atoms with Gasteiger partial charge >= 0.3 is 0 Å². The summed E-state index contributed by atoms with van der Waals surface area (Å²) in [7, 11) is 1.63. The Kier molecular flexibility index (Phi) is 8.31. The molecule has 1 saturated carbocycles. The maximum absolute atomic E-state index is 13.3. The third kappa shape index (κ3) is 6.16. The molecule has 0 radical (unpaired) electrons. The molecular weight excluding hydrogens is 494 g/mol. The van der Waals surface area contributed by atoms with Crippen LogP contribution in [0.15, 0.2) is 34.9 Å². The molecule has 2 atom stereocenters. The van der Waals surface area contributed by atoms with Crippen molar-refractivity contribution in [2.45, 2.75) is 77.7 Å². The van der Waals surface area contributed by atoms with Crippen LogP contribution in [0.5, 0.6) is 5.75 Å². The van der Waals surface area contributed by atoms with Crippen LogP contribution in [0.25, 0.3) is 22.2 Å². The van der Waals surface area contributed by atoms with E-state index in [0.717, 1.165) is 73.9 Å². The number of carbonyl (C=O) groups excluding carboxylic acids is 2. The number of amides is 1. The van der Waals surface area contributed by atoms with Gasteiger partial charge in [-0.05, 0) is 56.6 Å². The molecule has 1 saturated heterocycles. The second-order valence-electron chi connectivity index (χ2n) is 11.0. The number of hydrogen-bond acceptors (Lipinski definition) is 7. The predicted octanol–water partition coefficient (Wildman–Crippen LogP) is 6.11. The fourth-order valence-electron chi connectivity index (χ4n) is 5.79. The van der Waals surface area contributed by atoms with Crippen LogP contribution in [0.3, 0.4) is 0 Å². The van der Waals surface area contributed by atoms with Crippen LogP contribution in [0.2, 0.25) is 0 Å². The lowest BCUT2D eigenvalue weighted by Crippen LogP contribution is -2.33. The third-order valence-corrected chi connectivity index (χ3v) is 8.39. The van der Waals surface area contributed by atoms with Crippen molar-refractivity contribution in [3.05, 3.63) is 42.0 Å². The first kappa shape index (κ1) is 27.3. The van der Waals surface area contributed by atoms with Gasteiger partial charge in [-0.3, -0.25) is 14.6 Å². The maximum Gasteiger partial charge on any atom is 0.224 e. The number of benzene rings is 1. The highest BCUT2D eigenvalue weighted by molar-refractivity contribution is 5.87. The van der Waals surface area contributed by atoms with Gasteiger partial charge in [0.1, 0.15) is 17.6 Å². The molecule has 39 heavy (non-hydrogen) atoms. The number of rotatable bonds is 12. The largest absolute Gasteiger partial charge is 0.496 e. The number of oxazole rings is 1. The summed E-state index contributed by atoms with van der Waals surface area (Å²) in [5.74, 6) is 2.13. The summed E-state index contributed by atoms with van der Waals surface area (Å²) in [4.78, 5) is 34.2. The summed E-state index contributed by atoms with van der Waals surface area (Å²) >= 11 is 0. The monoisotopic (exact) mass is 533 g/mol. The number of aromatic nitrogens is 2. The van der Waals surface area contributed by atoms with E-state index in [4.69, 9.17) is 13.9 Å². The lowest BCUT2D eigenvalue weighted by molar-refractivity contribution is -0.124. The number of methoxy groups -OCH3 is 1. The van der Waals surface area contributed by atoms with Crippen molar-refractivity contribution in [1.82, 2.24) is 15.3 Å². The van der Waals surface area contributed by atoms with E-state index in [0.29, 0.717) is 42.4 Å². The fourth-order valence-corrected chi connectivity index (χ4v) is 5.79. The zero-order chi connectivity index (χ0) is 27.4. The van der Waals surface area contributed by atoms with Crippen LogP contribution < -0.4 is 10.1 Å². The molecule has 2 unspecified atom stereocenters. The van der Waals surface area contributed by atoms with Crippen molar-refractivity contribution in [2.75, 3.05) is 20.3 Å². The Hall–Kier alpha value is -3.26. The van der Waals surface area contributed by atoms with Gasteiger partial charge in [0, 0.05) is 49.1 Å². The Morgan fingerprint density at radius 2 is 2.00 bits per heavy atom. The Morgan fingerprint density at radius 1 is 1.18 bits per heavy atom. The molecule has 5 rings (SSSR count). The van der Waals surface area contributed by atoms with Crippen molar-refractivity contribution < 1.29 is 23.5 Å². The normalized spacial score (nSPS) is 18.7. The summed E-state index contributed by atoms with van der Waals surface area (Å²) < 4.78 is 17.5. The van der Waals surface area contributed by atoms with Gasteiger partial charge in [0.2, 0.25) is 11.8 Å². The first-order chi connectivity index (χ1) is 18.9. The molecule has 2 aliphatic rings. The van der Waals surface area contributed by atoms with Crippen LogP contribution in [0.4, 0.5) is 0 Å². The number of nitrogens with zero attached hydrogens (tertiary/aromatic N) is 2. The average molecular weight is 534 g/mol. The van der Waals surface area contributed by atoms with Crippen LogP contribution in [-0.4, -0.2) is 42.0 Å². The number of carbonyl (C=O) groups is 2. The topological polar surface area (TPSA) is 104 Å². The summed E-state index contributed by atoms with van der Waals surface area (Å²) in [6, 6.07) is 7.60. The van der Waals surface area contributed by atoms with Crippen LogP contribution >= 0.6 is 0 Å². The standard InChI is InChI=1S/C31H39N3O5/c1-4-22(35)8-6-5-7-9-25(34-29(36)24-18-31(24)12-14-38-15-13-31)30-32-19-28(39-30)23-16-21-11-10-20(2)33-26(21)17-27(23)37-3/h10-11,16-17,19,24-25H,4-9,12-15,18H2,1-3H3,(H,34,36). The second-order valence-corrected chi connectivity index (χ2v) is 11.0. The Morgan fingerprint density at radius 3 is 2.77 bits per heavy atom. The molecular formula is C31H39N3O5. The van der Waals surface area contributed by atoms with Gasteiger partial charge in [-0.1, -0.05) is 25.8 Å². The molecule has 1 N–H and O–H groups in total. The van der Waals surface area contributed by atoms with Crippen LogP contribution in [-0.2, 0) is 14.3 Å². The molecule has 0 bridgehead atoms. The number of aryl methyl sites for hydroxylation is 1. The predicted molar refractivity (Wildman–Crippen MR) is 148 cm³/mol. The van der Waals surface area contributed by atoms with Crippen LogP contribution in [0.1, 0.15) is 82.3 Å². The van der Waals surface area contributed by atoms with E-state index in [1.807, 2.05) is 38.1 Å². The number of Topliss-reactive ketones (excluding diaryl/α,β-unsaturated/α-hetero) is 1. The van der Waals surface area contributed by atoms with E-state index < -0.39 is 0 Å². The minimum Gasteiger partial charge on any atom is -0.496 e. The number of nitrogens with one attached hydrogen (secondary N) is 1. The summed E-state index contributed by atoms with van der Waals surface area (Å²) in [6.07, 6.45) is 9.06.